The van der Waals surface area contributed by atoms with Crippen molar-refractivity contribution in [3.05, 3.63) is 143 Å². The fourth-order valence-electron chi connectivity index (χ4n) is 11.9. The molecule has 56 heavy (non-hydrogen) atoms. The van der Waals surface area contributed by atoms with Crippen molar-refractivity contribution < 1.29 is 21.6 Å². The SMILES string of the molecule is Cc1cc(N2CCN(c3c(C(C)C)cccc3C(C)C)C2c2cccc(P(c3ccccc3)c3ccccc3)c2C)c(O)c(C23CC4CC(CC(C4)C2)C3)c1.[Ni]. The van der Waals surface area contributed by atoms with E-state index in [1.807, 2.05) is 0 Å². The largest absolute Gasteiger partial charge is 0.505 e. The van der Waals surface area contributed by atoms with Gasteiger partial charge in [-0.2, -0.15) is 0 Å². The number of phenols is 1. The minimum absolute atomic E-state index is 0. The maximum Gasteiger partial charge on any atom is 0.142 e. The maximum atomic E-state index is 12.8. The van der Waals surface area contributed by atoms with Gasteiger partial charge in [0, 0.05) is 40.8 Å². The number of rotatable bonds is 9. The Kier molecular flexibility index (Phi) is 11.0. The molecule has 1 saturated heterocycles. The maximum absolute atomic E-state index is 12.8. The fraction of sp³-hybridized carbons (Fsp3) is 0.412. The molecule has 3 nitrogen and oxygen atoms in total. The Morgan fingerprint density at radius 1 is 0.643 bits per heavy atom. The van der Waals surface area contributed by atoms with E-state index < -0.39 is 7.92 Å². The van der Waals surface area contributed by atoms with Crippen LogP contribution in [0.5, 0.6) is 5.75 Å². The number of nitrogens with zero attached hydrogens (tertiary/aromatic N) is 2. The van der Waals surface area contributed by atoms with E-state index in [4.69, 9.17) is 0 Å². The number of hydrogen-bond acceptors (Lipinski definition) is 3. The van der Waals surface area contributed by atoms with Gasteiger partial charge in [-0.25, -0.2) is 0 Å². The first-order valence-electron chi connectivity index (χ1n) is 21.1. The summed E-state index contributed by atoms with van der Waals surface area (Å²) in [6, 6.07) is 41.0. The number of hydrogen-bond donors (Lipinski definition) is 1. The summed E-state index contributed by atoms with van der Waals surface area (Å²) >= 11 is 0. The van der Waals surface area contributed by atoms with Gasteiger partial charge in [-0.05, 0) is 145 Å². The molecule has 5 aliphatic rings. The van der Waals surface area contributed by atoms with Crippen LogP contribution in [-0.4, -0.2) is 18.2 Å². The Bertz CT molecular complexity index is 2080. The molecule has 1 heterocycles. The molecular formula is C51H59N2NiOP. The molecule has 1 unspecified atom stereocenters. The zero-order chi connectivity index (χ0) is 38.0. The minimum atomic E-state index is -0.786. The number of anilines is 2. The first-order valence-corrected chi connectivity index (χ1v) is 22.5. The minimum Gasteiger partial charge on any atom is -0.505 e. The van der Waals surface area contributed by atoms with Crippen molar-refractivity contribution in [3.8, 4) is 5.75 Å². The molecule has 0 amide bonds. The topological polar surface area (TPSA) is 26.7 Å². The predicted molar refractivity (Wildman–Crippen MR) is 235 cm³/mol. The van der Waals surface area contributed by atoms with E-state index in [1.165, 1.54) is 93.5 Å². The third-order valence-corrected chi connectivity index (χ3v) is 16.4. The number of benzene rings is 5. The summed E-state index contributed by atoms with van der Waals surface area (Å²) in [4.78, 5) is 5.31. The van der Waals surface area contributed by atoms with E-state index in [9.17, 15) is 5.11 Å². The average molecular weight is 806 g/mol. The molecule has 5 aromatic carbocycles. The van der Waals surface area contributed by atoms with E-state index >= 15 is 0 Å². The summed E-state index contributed by atoms with van der Waals surface area (Å²) in [5.74, 6) is 3.78. The standard InChI is InChI=1S/C51H59N2OP.Ni/c1-33(2)42-19-13-20-43(34(3)4)48(42)53-24-23-52(46-26-35(5)25-45(49(46)54)51-30-37-27-38(31-51)29-39(28-37)32-51)50(53)44-21-14-22-47(36(44)6)55(40-15-9-7-10-16-40)41-17-11-8-12-18-41;/h7-22,25-26,33-34,37-39,50,54H,23-24,27-32H2,1-6H3;. The van der Waals surface area contributed by atoms with Crippen LogP contribution in [0.3, 0.4) is 0 Å². The van der Waals surface area contributed by atoms with E-state index in [0.29, 0.717) is 17.6 Å². The quantitative estimate of drug-likeness (QED) is 0.119. The summed E-state index contributed by atoms with van der Waals surface area (Å²) < 4.78 is 0. The van der Waals surface area contributed by atoms with Gasteiger partial charge in [-0.3, -0.25) is 0 Å². The number of aryl methyl sites for hydroxylation is 1. The van der Waals surface area contributed by atoms with Crippen molar-refractivity contribution in [2.45, 2.75) is 103 Å². The molecule has 5 aromatic rings. The monoisotopic (exact) mass is 804 g/mol. The summed E-state index contributed by atoms with van der Waals surface area (Å²) in [6.07, 6.45) is 7.87. The van der Waals surface area contributed by atoms with Crippen LogP contribution in [0.1, 0.15) is 118 Å². The van der Waals surface area contributed by atoms with E-state index in [2.05, 4.69) is 161 Å². The van der Waals surface area contributed by atoms with E-state index in [1.54, 1.807) is 0 Å². The van der Waals surface area contributed by atoms with Gasteiger partial charge in [0.15, 0.2) is 0 Å². The Labute approximate surface area is 347 Å². The molecule has 0 spiro atoms. The number of aromatic hydroxyl groups is 1. The third kappa shape index (κ3) is 6.82. The molecule has 294 valence electrons. The van der Waals surface area contributed by atoms with Crippen LogP contribution >= 0.6 is 7.92 Å². The van der Waals surface area contributed by atoms with Crippen LogP contribution in [0.2, 0.25) is 0 Å². The molecular weight excluding hydrogens is 746 g/mol. The van der Waals surface area contributed by atoms with Crippen molar-refractivity contribution in [1.29, 1.82) is 0 Å². The Balaban J connectivity index is 0.00000441. The van der Waals surface area contributed by atoms with Crippen LogP contribution in [0.4, 0.5) is 11.4 Å². The van der Waals surface area contributed by atoms with Gasteiger partial charge in [0.05, 0.1) is 5.69 Å². The molecule has 1 aliphatic heterocycles. The Morgan fingerprint density at radius 3 is 1.70 bits per heavy atom. The van der Waals surface area contributed by atoms with Crippen molar-refractivity contribution in [2.75, 3.05) is 22.9 Å². The molecule has 1 atom stereocenters. The van der Waals surface area contributed by atoms with E-state index in [-0.39, 0.29) is 28.1 Å². The van der Waals surface area contributed by atoms with Crippen molar-refractivity contribution in [3.63, 3.8) is 0 Å². The number of para-hydroxylation sites is 1. The Morgan fingerprint density at radius 2 is 1.16 bits per heavy atom. The first kappa shape index (κ1) is 39.3. The van der Waals surface area contributed by atoms with Gasteiger partial charge in [-0.1, -0.05) is 131 Å². The zero-order valence-corrected chi connectivity index (χ0v) is 36.0. The van der Waals surface area contributed by atoms with Crippen LogP contribution in [0, 0.1) is 31.6 Å². The fourth-order valence-corrected chi connectivity index (χ4v) is 14.4. The molecule has 5 fully saturated rings. The van der Waals surface area contributed by atoms with Gasteiger partial charge in [-0.15, -0.1) is 0 Å². The second-order valence-electron chi connectivity index (χ2n) is 18.2. The first-order chi connectivity index (χ1) is 26.6. The van der Waals surface area contributed by atoms with Gasteiger partial charge in [0.2, 0.25) is 0 Å². The van der Waals surface area contributed by atoms with Crippen molar-refractivity contribution >= 4 is 35.2 Å². The predicted octanol–water partition coefficient (Wildman–Crippen LogP) is 11.5. The van der Waals surface area contributed by atoms with Crippen molar-refractivity contribution in [1.82, 2.24) is 0 Å². The Hall–Kier alpha value is -3.58. The smallest absolute Gasteiger partial charge is 0.142 e. The summed E-state index contributed by atoms with van der Waals surface area (Å²) in [6.45, 7) is 15.7. The van der Waals surface area contributed by atoms with Gasteiger partial charge in [0.25, 0.3) is 0 Å². The van der Waals surface area contributed by atoms with Crippen molar-refractivity contribution in [2.24, 2.45) is 17.8 Å². The summed E-state index contributed by atoms with van der Waals surface area (Å²) in [7, 11) is -0.786. The molecule has 4 saturated carbocycles. The number of phenolic OH excluding ortho intramolecular Hbond substituents is 1. The normalized spacial score (nSPS) is 24.1. The second kappa shape index (κ2) is 15.6. The molecule has 4 aliphatic carbocycles. The molecule has 0 aromatic heterocycles. The third-order valence-electron chi connectivity index (χ3n) is 13.9. The molecule has 1 N–H and O–H groups in total. The zero-order valence-electron chi connectivity index (χ0n) is 34.1. The second-order valence-corrected chi connectivity index (χ2v) is 20.4. The molecule has 5 heteroatoms. The van der Waals surface area contributed by atoms with E-state index in [0.717, 1.165) is 36.5 Å². The van der Waals surface area contributed by atoms with Crippen LogP contribution in [-0.2, 0) is 21.9 Å². The van der Waals surface area contributed by atoms with Gasteiger partial charge < -0.3 is 14.9 Å². The summed E-state index contributed by atoms with van der Waals surface area (Å²) in [5, 5.41) is 16.9. The molecule has 4 bridgehead atoms. The molecule has 0 radical (unpaired) electrons. The van der Waals surface area contributed by atoms with Gasteiger partial charge >= 0.3 is 0 Å². The average Bonchev–Trinajstić information content (AvgIpc) is 3.60. The summed E-state index contributed by atoms with van der Waals surface area (Å²) in [5.41, 5.74) is 10.5. The van der Waals surface area contributed by atoms with Crippen LogP contribution in [0.25, 0.3) is 0 Å². The van der Waals surface area contributed by atoms with Crippen LogP contribution < -0.4 is 25.7 Å². The molecule has 10 rings (SSSR count). The van der Waals surface area contributed by atoms with Crippen LogP contribution in [0.15, 0.2) is 109 Å². The van der Waals surface area contributed by atoms with Gasteiger partial charge in [0.1, 0.15) is 11.9 Å².